The predicted octanol–water partition coefficient (Wildman–Crippen LogP) is 2.58. The molecule has 1 aromatic carbocycles. The molecule has 1 N–H and O–H groups in total. The maximum Gasteiger partial charge on any atom is 0.316 e. The van der Waals surface area contributed by atoms with E-state index in [1.165, 1.54) is 34.8 Å². The van der Waals surface area contributed by atoms with Crippen LogP contribution in [0.5, 0.6) is 0 Å². The van der Waals surface area contributed by atoms with E-state index in [4.69, 9.17) is 4.74 Å². The molecule has 6 rings (SSSR count). The minimum Gasteiger partial charge on any atom is -0.468 e. The maximum absolute atomic E-state index is 13.0. The fourth-order valence-electron chi connectivity index (χ4n) is 6.27. The van der Waals surface area contributed by atoms with E-state index in [0.717, 1.165) is 19.4 Å². The molecule has 4 bridgehead atoms. The molecule has 3 saturated heterocycles. The van der Waals surface area contributed by atoms with Crippen LogP contribution < -0.4 is 0 Å². The number of aliphatic hydroxyl groups excluding tert-OH is 1. The minimum atomic E-state index is -0.875. The number of para-hydroxylation sites is 1. The molecule has 0 radical (unpaired) electrons. The van der Waals surface area contributed by atoms with Gasteiger partial charge in [0, 0.05) is 42.1 Å². The number of hydrogen-bond acceptors (Lipinski definition) is 4. The number of allylic oxidation sites excluding steroid dienone is 1. The van der Waals surface area contributed by atoms with Crippen molar-refractivity contribution >= 4 is 16.9 Å². The smallest absolute Gasteiger partial charge is 0.316 e. The van der Waals surface area contributed by atoms with Crippen LogP contribution in [0.25, 0.3) is 10.9 Å². The van der Waals surface area contributed by atoms with E-state index in [1.807, 2.05) is 6.92 Å². The summed E-state index contributed by atoms with van der Waals surface area (Å²) in [5.41, 5.74) is 4.34. The second-order valence-corrected chi connectivity index (χ2v) is 8.19. The Morgan fingerprint density at radius 2 is 2.19 bits per heavy atom. The molecule has 1 aromatic heterocycles. The lowest BCUT2D eigenvalue weighted by molar-refractivity contribution is -0.183. The van der Waals surface area contributed by atoms with Crippen LogP contribution in [0.3, 0.4) is 0 Å². The summed E-state index contributed by atoms with van der Waals surface area (Å²) in [6, 6.07) is 8.77. The molecule has 27 heavy (non-hydrogen) atoms. The van der Waals surface area contributed by atoms with Crippen molar-refractivity contribution in [2.45, 2.75) is 31.8 Å². The Hall–Kier alpha value is -2.11. The van der Waals surface area contributed by atoms with E-state index in [2.05, 4.69) is 46.9 Å². The summed E-state index contributed by atoms with van der Waals surface area (Å²) in [6.45, 7) is 2.74. The Morgan fingerprint density at radius 3 is 2.89 bits per heavy atom. The molecule has 4 aliphatic rings. The molecule has 4 aliphatic heterocycles. The highest BCUT2D eigenvalue weighted by atomic mass is 16.5. The first kappa shape index (κ1) is 17.0. The lowest BCUT2D eigenvalue weighted by Gasteiger charge is -2.62. The Labute approximate surface area is 159 Å². The number of piperidine rings is 3. The van der Waals surface area contributed by atoms with Gasteiger partial charge in [0.05, 0.1) is 19.8 Å². The quantitative estimate of drug-likeness (QED) is 0.656. The van der Waals surface area contributed by atoms with Crippen molar-refractivity contribution in [2.24, 2.45) is 18.4 Å². The third-order valence-corrected chi connectivity index (χ3v) is 7.46. The number of rotatable bonds is 2. The Balaban J connectivity index is 1.76. The molecule has 1 unspecified atom stereocenters. The van der Waals surface area contributed by atoms with Gasteiger partial charge in [-0.2, -0.15) is 0 Å². The number of fused-ring (bicyclic) bond motifs is 4. The van der Waals surface area contributed by atoms with Gasteiger partial charge in [-0.25, -0.2) is 0 Å². The highest BCUT2D eigenvalue weighted by Crippen LogP contribution is 2.60. The van der Waals surface area contributed by atoms with Crippen LogP contribution >= 0.6 is 0 Å². The summed E-state index contributed by atoms with van der Waals surface area (Å²) in [5, 5.41) is 11.8. The molecular formula is C22H26N2O3. The maximum atomic E-state index is 13.0. The second kappa shape index (κ2) is 5.69. The third-order valence-electron chi connectivity index (χ3n) is 7.46. The van der Waals surface area contributed by atoms with Gasteiger partial charge in [0.15, 0.2) is 0 Å². The minimum absolute atomic E-state index is 0.0271. The molecular weight excluding hydrogens is 340 g/mol. The average molecular weight is 366 g/mol. The monoisotopic (exact) mass is 366 g/mol. The van der Waals surface area contributed by atoms with Gasteiger partial charge in [-0.05, 0) is 31.4 Å². The highest BCUT2D eigenvalue weighted by Gasteiger charge is 2.65. The van der Waals surface area contributed by atoms with Crippen molar-refractivity contribution in [1.82, 2.24) is 9.47 Å². The molecule has 5 nitrogen and oxygen atoms in total. The zero-order valence-corrected chi connectivity index (χ0v) is 16.1. The number of aryl methyl sites for hydroxylation is 1. The first-order valence-electron chi connectivity index (χ1n) is 9.74. The summed E-state index contributed by atoms with van der Waals surface area (Å²) in [4.78, 5) is 15.5. The van der Waals surface area contributed by atoms with Crippen LogP contribution in [0.4, 0.5) is 0 Å². The van der Waals surface area contributed by atoms with Crippen LogP contribution in [0.15, 0.2) is 35.9 Å². The summed E-state index contributed by atoms with van der Waals surface area (Å²) in [6.07, 6.45) is 3.75. The Kier molecular flexibility index (Phi) is 3.59. The summed E-state index contributed by atoms with van der Waals surface area (Å²) < 4.78 is 7.58. The lowest BCUT2D eigenvalue weighted by Crippen LogP contribution is -2.69. The van der Waals surface area contributed by atoms with Crippen molar-refractivity contribution in [3.63, 3.8) is 0 Å². The van der Waals surface area contributed by atoms with E-state index in [9.17, 15) is 9.90 Å². The number of carbonyl (C=O) groups excluding carboxylic acids is 1. The SMILES string of the molecule is CC=C1CN2[C@H]3Cc4c(n(C)c5ccccc45)[C@@H]2C[C@@H]1[C@@]3(CO)C(=O)OC. The number of nitrogens with zero attached hydrogens (tertiary/aromatic N) is 2. The number of aromatic nitrogens is 1. The molecule has 142 valence electrons. The van der Waals surface area contributed by atoms with E-state index >= 15 is 0 Å². The highest BCUT2D eigenvalue weighted by molar-refractivity contribution is 5.87. The third kappa shape index (κ3) is 1.89. The van der Waals surface area contributed by atoms with Gasteiger partial charge in [-0.15, -0.1) is 0 Å². The summed E-state index contributed by atoms with van der Waals surface area (Å²) in [5.74, 6) is -0.239. The van der Waals surface area contributed by atoms with Crippen LogP contribution in [-0.4, -0.2) is 46.8 Å². The Bertz CT molecular complexity index is 975. The van der Waals surface area contributed by atoms with Gasteiger partial charge in [0.2, 0.25) is 0 Å². The van der Waals surface area contributed by atoms with Gasteiger partial charge in [0.1, 0.15) is 5.41 Å². The molecule has 0 aliphatic carbocycles. The number of aliphatic hydroxyl groups is 1. The predicted molar refractivity (Wildman–Crippen MR) is 103 cm³/mol. The van der Waals surface area contributed by atoms with Crippen LogP contribution in [0, 0.1) is 11.3 Å². The largest absolute Gasteiger partial charge is 0.468 e. The first-order valence-corrected chi connectivity index (χ1v) is 9.74. The molecule has 3 fully saturated rings. The molecule has 0 amide bonds. The molecule has 5 heteroatoms. The van der Waals surface area contributed by atoms with Gasteiger partial charge in [-0.1, -0.05) is 29.8 Å². The van der Waals surface area contributed by atoms with E-state index in [-0.39, 0.29) is 30.6 Å². The van der Waals surface area contributed by atoms with Gasteiger partial charge < -0.3 is 14.4 Å². The molecule has 5 heterocycles. The Morgan fingerprint density at radius 1 is 1.41 bits per heavy atom. The second-order valence-electron chi connectivity index (χ2n) is 8.19. The van der Waals surface area contributed by atoms with E-state index < -0.39 is 5.41 Å². The molecule has 5 atom stereocenters. The molecule has 2 aromatic rings. The van der Waals surface area contributed by atoms with Crippen LogP contribution in [-0.2, 0) is 23.0 Å². The fraction of sp³-hybridized carbons (Fsp3) is 0.500. The zero-order valence-electron chi connectivity index (χ0n) is 16.1. The molecule has 0 spiro atoms. The summed E-state index contributed by atoms with van der Waals surface area (Å²) in [7, 11) is 3.59. The van der Waals surface area contributed by atoms with Crippen molar-refractivity contribution in [3.05, 3.63) is 47.2 Å². The lowest BCUT2D eigenvalue weighted by atomic mass is 9.55. The number of benzene rings is 1. The number of hydrogen-bond donors (Lipinski definition) is 1. The van der Waals surface area contributed by atoms with E-state index in [0.29, 0.717) is 0 Å². The number of carbonyl (C=O) groups is 1. The number of esters is 1. The van der Waals surface area contributed by atoms with Crippen molar-refractivity contribution in [3.8, 4) is 0 Å². The fourth-order valence-corrected chi connectivity index (χ4v) is 6.27. The van der Waals surface area contributed by atoms with Gasteiger partial charge in [0.25, 0.3) is 0 Å². The van der Waals surface area contributed by atoms with Crippen molar-refractivity contribution in [1.29, 1.82) is 0 Å². The van der Waals surface area contributed by atoms with Crippen molar-refractivity contribution < 1.29 is 14.6 Å². The molecule has 0 saturated carbocycles. The summed E-state index contributed by atoms with van der Waals surface area (Å²) >= 11 is 0. The van der Waals surface area contributed by atoms with Crippen LogP contribution in [0.1, 0.15) is 30.6 Å². The van der Waals surface area contributed by atoms with E-state index in [1.54, 1.807) is 0 Å². The zero-order chi connectivity index (χ0) is 18.9. The number of methoxy groups -OCH3 is 1. The normalized spacial score (nSPS) is 35.5. The first-order chi connectivity index (χ1) is 13.1. The topological polar surface area (TPSA) is 54.7 Å². The number of ether oxygens (including phenoxy) is 1. The van der Waals surface area contributed by atoms with Gasteiger partial charge in [-0.3, -0.25) is 9.69 Å². The standard InChI is InChI=1S/C22H26N2O3/c1-4-13-11-24-18-10-16(13)22(12-25,21(26)27-3)19(24)9-15-14-7-5-6-8-17(14)23(2)20(15)18/h4-8,16,18-19,25H,9-12H2,1-3H3/t16-,18-,19-,22+/m0/s1. The van der Waals surface area contributed by atoms with Crippen molar-refractivity contribution in [2.75, 3.05) is 20.3 Å². The van der Waals surface area contributed by atoms with Gasteiger partial charge >= 0.3 is 5.97 Å². The average Bonchev–Trinajstić information content (AvgIpc) is 3.00. The van der Waals surface area contributed by atoms with Crippen LogP contribution in [0.2, 0.25) is 0 Å².